The van der Waals surface area contributed by atoms with Crippen LogP contribution in [0.1, 0.15) is 21.6 Å². The average Bonchev–Trinajstić information content (AvgIpc) is 3.22. The summed E-state index contributed by atoms with van der Waals surface area (Å²) in [4.78, 5) is 12.5. The summed E-state index contributed by atoms with van der Waals surface area (Å²) in [6, 6.07) is 24.7. The number of nitriles is 1. The van der Waals surface area contributed by atoms with Crippen molar-refractivity contribution < 1.29 is 14.6 Å². The number of ether oxygens (including phenoxy) is 1. The number of hydrogen-bond acceptors (Lipinski definition) is 6. The van der Waals surface area contributed by atoms with E-state index in [2.05, 4.69) is 16.4 Å². The van der Waals surface area contributed by atoms with Gasteiger partial charge in [-0.25, -0.2) is 9.48 Å². The van der Waals surface area contributed by atoms with Gasteiger partial charge in [0.05, 0.1) is 25.3 Å². The molecule has 0 saturated carbocycles. The molecule has 8 heteroatoms. The fraction of sp³-hybridized carbons (Fsp3) is 0.0833. The molecular weight excluding hydrogens is 424 g/mol. The number of carboxylic acid groups (broad SMARTS) is 1. The maximum absolute atomic E-state index is 11.7. The molecule has 1 N–H and O–H groups in total. The van der Waals surface area contributed by atoms with Crippen molar-refractivity contribution in [1.82, 2.24) is 15.0 Å². The summed E-state index contributed by atoms with van der Waals surface area (Å²) in [5.74, 6) is -0.377. The monoisotopic (exact) mass is 442 g/mol. The summed E-state index contributed by atoms with van der Waals surface area (Å²) < 4.78 is 6.77. The molecule has 0 bridgehead atoms. The van der Waals surface area contributed by atoms with Crippen molar-refractivity contribution in [2.45, 2.75) is 16.5 Å². The molecule has 1 heterocycles. The zero-order valence-electron chi connectivity index (χ0n) is 17.1. The maximum Gasteiger partial charge on any atom is 0.359 e. The van der Waals surface area contributed by atoms with Gasteiger partial charge in [-0.05, 0) is 53.1 Å². The fourth-order valence-corrected chi connectivity index (χ4v) is 4.04. The van der Waals surface area contributed by atoms with Crippen LogP contribution in [-0.2, 0) is 6.54 Å². The zero-order chi connectivity index (χ0) is 22.5. The molecule has 0 spiro atoms. The molecule has 0 saturated heterocycles. The van der Waals surface area contributed by atoms with Crippen LogP contribution >= 0.6 is 11.8 Å². The Morgan fingerprint density at radius 2 is 1.66 bits per heavy atom. The van der Waals surface area contributed by atoms with Crippen LogP contribution in [0, 0.1) is 11.3 Å². The lowest BCUT2D eigenvalue weighted by Crippen LogP contribution is -2.05. The van der Waals surface area contributed by atoms with Crippen LogP contribution in [0.25, 0.3) is 11.1 Å². The second-order valence-corrected chi connectivity index (χ2v) is 7.93. The molecule has 158 valence electrons. The minimum absolute atomic E-state index is 0.0836. The third kappa shape index (κ3) is 4.63. The molecule has 0 aliphatic heterocycles. The summed E-state index contributed by atoms with van der Waals surface area (Å²) in [6.07, 6.45) is 0. The standard InChI is InChI=1S/C24H18N4O3S/c1-31-20-10-4-17(5-11-20)15-28-23(22(24(29)30)26-27-28)32-21-12-8-19(9-13-21)18-6-2-16(14-25)3-7-18/h2-13H,15H2,1H3,(H,29,30). The van der Waals surface area contributed by atoms with Gasteiger partial charge in [0.2, 0.25) is 5.69 Å². The first kappa shape index (κ1) is 21.2. The lowest BCUT2D eigenvalue weighted by atomic mass is 10.0. The average molecular weight is 443 g/mol. The lowest BCUT2D eigenvalue weighted by Gasteiger charge is -2.09. The van der Waals surface area contributed by atoms with Crippen LogP contribution in [-0.4, -0.2) is 33.2 Å². The Kier molecular flexibility index (Phi) is 6.19. The van der Waals surface area contributed by atoms with Crippen molar-refractivity contribution in [2.24, 2.45) is 0 Å². The minimum atomic E-state index is -1.12. The highest BCUT2D eigenvalue weighted by molar-refractivity contribution is 7.99. The number of hydrogen-bond donors (Lipinski definition) is 1. The zero-order valence-corrected chi connectivity index (χ0v) is 17.9. The molecule has 4 aromatic rings. The van der Waals surface area contributed by atoms with E-state index < -0.39 is 5.97 Å². The highest BCUT2D eigenvalue weighted by Crippen LogP contribution is 2.32. The van der Waals surface area contributed by atoms with Crippen molar-refractivity contribution in [2.75, 3.05) is 7.11 Å². The quantitative estimate of drug-likeness (QED) is 0.442. The van der Waals surface area contributed by atoms with Crippen molar-refractivity contribution in [3.05, 3.63) is 89.6 Å². The first-order valence-electron chi connectivity index (χ1n) is 9.65. The van der Waals surface area contributed by atoms with Crippen molar-refractivity contribution in [3.63, 3.8) is 0 Å². The molecule has 0 atom stereocenters. The lowest BCUT2D eigenvalue weighted by molar-refractivity contribution is 0.0686. The molecule has 0 amide bonds. The topological polar surface area (TPSA) is 101 Å². The third-order valence-electron chi connectivity index (χ3n) is 4.80. The first-order valence-corrected chi connectivity index (χ1v) is 10.5. The Bertz CT molecular complexity index is 1280. The highest BCUT2D eigenvalue weighted by atomic mass is 32.2. The van der Waals surface area contributed by atoms with Gasteiger partial charge >= 0.3 is 5.97 Å². The molecule has 0 fully saturated rings. The van der Waals surface area contributed by atoms with Gasteiger partial charge in [-0.1, -0.05) is 53.4 Å². The molecule has 7 nitrogen and oxygen atoms in total. The number of carboxylic acids is 1. The molecule has 0 unspecified atom stereocenters. The van der Waals surface area contributed by atoms with Gasteiger partial charge in [0.15, 0.2) is 0 Å². The number of rotatable bonds is 7. The van der Waals surface area contributed by atoms with Gasteiger partial charge in [-0.2, -0.15) is 5.26 Å². The largest absolute Gasteiger partial charge is 0.497 e. The minimum Gasteiger partial charge on any atom is -0.497 e. The van der Waals surface area contributed by atoms with E-state index in [-0.39, 0.29) is 5.69 Å². The number of benzene rings is 3. The van der Waals surface area contributed by atoms with E-state index in [0.717, 1.165) is 27.3 Å². The summed E-state index contributed by atoms with van der Waals surface area (Å²) >= 11 is 1.30. The molecule has 4 rings (SSSR count). The molecular formula is C24H18N4O3S. The van der Waals surface area contributed by atoms with Crippen LogP contribution in [0.2, 0.25) is 0 Å². The van der Waals surface area contributed by atoms with Gasteiger partial charge in [0, 0.05) is 4.90 Å². The van der Waals surface area contributed by atoms with E-state index in [1.54, 1.807) is 23.9 Å². The number of carbonyl (C=O) groups is 1. The van der Waals surface area contributed by atoms with Gasteiger partial charge in [0.25, 0.3) is 0 Å². The van der Waals surface area contributed by atoms with E-state index in [1.165, 1.54) is 11.8 Å². The number of aromatic nitrogens is 3. The SMILES string of the molecule is COc1ccc(Cn2nnc(C(=O)O)c2Sc2ccc(-c3ccc(C#N)cc3)cc2)cc1. The van der Waals surface area contributed by atoms with E-state index in [9.17, 15) is 9.90 Å². The van der Waals surface area contributed by atoms with Gasteiger partial charge in [-0.15, -0.1) is 5.10 Å². The number of nitrogens with zero attached hydrogens (tertiary/aromatic N) is 4. The molecule has 3 aromatic carbocycles. The van der Waals surface area contributed by atoms with Gasteiger partial charge < -0.3 is 9.84 Å². The Hall–Kier alpha value is -4.09. The van der Waals surface area contributed by atoms with E-state index in [0.29, 0.717) is 17.1 Å². The summed E-state index contributed by atoms with van der Waals surface area (Å²) in [6.45, 7) is 0.385. The van der Waals surface area contributed by atoms with Gasteiger partial charge in [0.1, 0.15) is 10.8 Å². The predicted octanol–water partition coefficient (Wildman–Crippen LogP) is 4.72. The van der Waals surface area contributed by atoms with Crippen LogP contribution < -0.4 is 4.74 Å². The van der Waals surface area contributed by atoms with Crippen molar-refractivity contribution in [3.8, 4) is 22.9 Å². The first-order chi connectivity index (χ1) is 15.6. The molecule has 0 radical (unpaired) electrons. The van der Waals surface area contributed by atoms with Crippen LogP contribution in [0.3, 0.4) is 0 Å². The summed E-state index contributed by atoms with van der Waals surface area (Å²) in [5, 5.41) is 26.9. The Balaban J connectivity index is 1.57. The number of methoxy groups -OCH3 is 1. The van der Waals surface area contributed by atoms with Crippen molar-refractivity contribution in [1.29, 1.82) is 5.26 Å². The molecule has 32 heavy (non-hydrogen) atoms. The van der Waals surface area contributed by atoms with Crippen LogP contribution in [0.15, 0.2) is 82.7 Å². The summed E-state index contributed by atoms with van der Waals surface area (Å²) in [7, 11) is 1.60. The van der Waals surface area contributed by atoms with Crippen LogP contribution in [0.5, 0.6) is 5.75 Å². The summed E-state index contributed by atoms with van der Waals surface area (Å²) in [5.41, 5.74) is 3.48. The highest BCUT2D eigenvalue weighted by Gasteiger charge is 2.20. The normalized spacial score (nSPS) is 10.5. The third-order valence-corrected chi connectivity index (χ3v) is 5.91. The molecule has 1 aromatic heterocycles. The second kappa shape index (κ2) is 9.37. The Morgan fingerprint density at radius 1 is 1.03 bits per heavy atom. The van der Waals surface area contributed by atoms with E-state index in [1.807, 2.05) is 60.7 Å². The fourth-order valence-electron chi connectivity index (χ4n) is 3.11. The maximum atomic E-state index is 11.7. The van der Waals surface area contributed by atoms with E-state index in [4.69, 9.17) is 10.00 Å². The second-order valence-electron chi connectivity index (χ2n) is 6.87. The molecule has 0 aliphatic rings. The predicted molar refractivity (Wildman–Crippen MR) is 120 cm³/mol. The van der Waals surface area contributed by atoms with Crippen molar-refractivity contribution >= 4 is 17.7 Å². The van der Waals surface area contributed by atoms with Crippen LogP contribution in [0.4, 0.5) is 0 Å². The smallest absolute Gasteiger partial charge is 0.359 e. The number of aromatic carboxylic acids is 1. The Morgan fingerprint density at radius 3 is 2.22 bits per heavy atom. The Labute approximate surface area is 188 Å². The molecule has 0 aliphatic carbocycles. The van der Waals surface area contributed by atoms with Gasteiger partial charge in [-0.3, -0.25) is 0 Å². The van der Waals surface area contributed by atoms with E-state index >= 15 is 0 Å².